The van der Waals surface area contributed by atoms with E-state index in [1.165, 1.54) is 4.90 Å². The number of pyridine rings is 1. The van der Waals surface area contributed by atoms with Crippen LogP contribution in [0, 0.1) is 19.8 Å². The van der Waals surface area contributed by atoms with E-state index in [1.54, 1.807) is 48.5 Å². The van der Waals surface area contributed by atoms with Gasteiger partial charge in [-0.15, -0.1) is 11.3 Å². The maximum absolute atomic E-state index is 13.9. The van der Waals surface area contributed by atoms with Crippen LogP contribution in [-0.4, -0.2) is 57.4 Å². The van der Waals surface area contributed by atoms with E-state index in [1.807, 2.05) is 23.6 Å². The normalized spacial score (nSPS) is 21.0. The fraction of sp³-hybridized carbons (Fsp3) is 0.400. The number of nitrogens with one attached hydrogen (secondary N) is 1. The lowest BCUT2D eigenvalue weighted by Gasteiger charge is -2.41. The number of carbonyl (C=O) groups excluding carboxylic acids is 3. The number of piperidine rings is 1. The molecule has 2 aliphatic rings. The molecule has 0 spiro atoms. The first-order valence-corrected chi connectivity index (χ1v) is 12.6. The smallest absolute Gasteiger partial charge is 0.325 e. The standard InChI is InChI=1S/C25H27N5O4S/c1-16-21(17(2)34-28-16)22(31)29-11-7-18(8-12-29)25(19-5-3-10-26-15-19)23(32)30(24(33)27-25)13-9-20-6-4-14-35-20/h3-6,10,14-15,18H,7-9,11-13H2,1-2H3,(H,27,33)/t25-/m0/s1. The third kappa shape index (κ3) is 4.01. The summed E-state index contributed by atoms with van der Waals surface area (Å²) < 4.78 is 5.17. The summed E-state index contributed by atoms with van der Waals surface area (Å²) in [6.07, 6.45) is 5.05. The third-order valence-electron chi connectivity index (χ3n) is 7.05. The van der Waals surface area contributed by atoms with Gasteiger partial charge in [0, 0.05) is 42.5 Å². The van der Waals surface area contributed by atoms with Gasteiger partial charge in [-0.2, -0.15) is 0 Å². The highest BCUT2D eigenvalue weighted by Crippen LogP contribution is 2.41. The van der Waals surface area contributed by atoms with E-state index in [4.69, 9.17) is 4.52 Å². The van der Waals surface area contributed by atoms with Crippen molar-refractivity contribution >= 4 is 29.2 Å². The number of imide groups is 1. The lowest BCUT2D eigenvalue weighted by molar-refractivity contribution is -0.134. The van der Waals surface area contributed by atoms with E-state index >= 15 is 0 Å². The molecule has 5 rings (SSSR count). The van der Waals surface area contributed by atoms with Crippen LogP contribution in [0.2, 0.25) is 0 Å². The van der Waals surface area contributed by atoms with Crippen molar-refractivity contribution in [3.8, 4) is 0 Å². The van der Waals surface area contributed by atoms with Crippen LogP contribution in [0.25, 0.3) is 0 Å². The summed E-state index contributed by atoms with van der Waals surface area (Å²) in [7, 11) is 0. The molecule has 9 nitrogen and oxygen atoms in total. The Morgan fingerprint density at radius 3 is 2.66 bits per heavy atom. The van der Waals surface area contributed by atoms with Gasteiger partial charge in [-0.1, -0.05) is 17.3 Å². The van der Waals surface area contributed by atoms with Crippen LogP contribution in [-0.2, 0) is 16.8 Å². The van der Waals surface area contributed by atoms with Gasteiger partial charge in [-0.25, -0.2) is 4.79 Å². The number of thiophene rings is 1. The number of likely N-dealkylation sites (tertiary alicyclic amines) is 1. The Kier molecular flexibility index (Phi) is 6.14. The number of carbonyl (C=O) groups is 3. The summed E-state index contributed by atoms with van der Waals surface area (Å²) in [4.78, 5) is 48.6. The third-order valence-corrected chi connectivity index (χ3v) is 7.99. The van der Waals surface area contributed by atoms with Crippen molar-refractivity contribution in [2.45, 2.75) is 38.6 Å². The zero-order valence-electron chi connectivity index (χ0n) is 19.7. The number of rotatable bonds is 6. The lowest BCUT2D eigenvalue weighted by Crippen LogP contribution is -2.54. The molecule has 0 saturated carbocycles. The largest absolute Gasteiger partial charge is 0.361 e. The topological polar surface area (TPSA) is 109 Å². The Hall–Kier alpha value is -3.53. The molecule has 35 heavy (non-hydrogen) atoms. The van der Waals surface area contributed by atoms with E-state index < -0.39 is 5.54 Å². The summed E-state index contributed by atoms with van der Waals surface area (Å²) >= 11 is 1.61. The van der Waals surface area contributed by atoms with Crippen LogP contribution in [0.3, 0.4) is 0 Å². The monoisotopic (exact) mass is 493 g/mol. The molecule has 1 N–H and O–H groups in total. The molecule has 0 radical (unpaired) electrons. The fourth-order valence-electron chi connectivity index (χ4n) is 5.24. The highest BCUT2D eigenvalue weighted by atomic mass is 32.1. The molecule has 4 amide bonds. The maximum atomic E-state index is 13.9. The summed E-state index contributed by atoms with van der Waals surface area (Å²) in [5, 5.41) is 8.93. The van der Waals surface area contributed by atoms with E-state index in [-0.39, 0.29) is 23.8 Å². The molecule has 0 aliphatic carbocycles. The molecule has 2 aliphatic heterocycles. The molecule has 3 aromatic heterocycles. The molecule has 2 fully saturated rings. The summed E-state index contributed by atoms with van der Waals surface area (Å²) in [6.45, 7) is 4.73. The van der Waals surface area contributed by atoms with Crippen molar-refractivity contribution in [2.75, 3.05) is 19.6 Å². The number of hydrogen-bond acceptors (Lipinski definition) is 7. The summed E-state index contributed by atoms with van der Waals surface area (Å²) in [6, 6.07) is 7.20. The predicted octanol–water partition coefficient (Wildman–Crippen LogP) is 3.29. The quantitative estimate of drug-likeness (QED) is 0.528. The second-order valence-electron chi connectivity index (χ2n) is 9.03. The van der Waals surface area contributed by atoms with Crippen LogP contribution >= 0.6 is 11.3 Å². The molecule has 5 heterocycles. The molecule has 0 bridgehead atoms. The molecular weight excluding hydrogens is 466 g/mol. The minimum absolute atomic E-state index is 0.116. The number of hydrogen-bond donors (Lipinski definition) is 1. The first-order chi connectivity index (χ1) is 16.9. The Labute approximate surface area is 207 Å². The molecule has 2 saturated heterocycles. The molecule has 0 unspecified atom stereocenters. The number of urea groups is 1. The van der Waals surface area contributed by atoms with Gasteiger partial charge in [0.25, 0.3) is 11.8 Å². The predicted molar refractivity (Wildman–Crippen MR) is 129 cm³/mol. The second-order valence-corrected chi connectivity index (χ2v) is 10.1. The van der Waals surface area contributed by atoms with E-state index in [0.29, 0.717) is 61.5 Å². The highest BCUT2D eigenvalue weighted by molar-refractivity contribution is 7.09. The SMILES string of the molecule is Cc1noc(C)c1C(=O)N1CCC([C@@]2(c3cccnc3)NC(=O)N(CCc3cccs3)C2=O)CC1. The Morgan fingerprint density at radius 2 is 2.03 bits per heavy atom. The average molecular weight is 494 g/mol. The summed E-state index contributed by atoms with van der Waals surface area (Å²) in [5.74, 6) is -0.0401. The van der Waals surface area contributed by atoms with Crippen molar-refractivity contribution in [3.05, 3.63) is 69.5 Å². The number of aromatic nitrogens is 2. The first-order valence-electron chi connectivity index (χ1n) is 11.7. The number of amides is 4. The van der Waals surface area contributed by atoms with Gasteiger partial charge < -0.3 is 14.7 Å². The van der Waals surface area contributed by atoms with Crippen LogP contribution in [0.15, 0.2) is 46.6 Å². The highest BCUT2D eigenvalue weighted by Gasteiger charge is 2.57. The van der Waals surface area contributed by atoms with Gasteiger partial charge in [0.05, 0.1) is 5.69 Å². The number of aryl methyl sites for hydroxylation is 2. The van der Waals surface area contributed by atoms with Gasteiger partial charge in [0.1, 0.15) is 11.3 Å². The summed E-state index contributed by atoms with van der Waals surface area (Å²) in [5.41, 5.74) is 0.544. The first kappa shape index (κ1) is 23.2. The molecule has 182 valence electrons. The minimum atomic E-state index is -1.20. The average Bonchev–Trinajstić information content (AvgIpc) is 3.57. The van der Waals surface area contributed by atoms with E-state index in [0.717, 1.165) is 4.88 Å². The fourth-order valence-corrected chi connectivity index (χ4v) is 5.94. The molecule has 0 aromatic carbocycles. The van der Waals surface area contributed by atoms with Crippen molar-refractivity contribution in [3.63, 3.8) is 0 Å². The second kappa shape index (κ2) is 9.26. The van der Waals surface area contributed by atoms with Gasteiger partial charge >= 0.3 is 6.03 Å². The van der Waals surface area contributed by atoms with Gasteiger partial charge in [-0.05, 0) is 56.5 Å². The molecule has 10 heteroatoms. The zero-order chi connectivity index (χ0) is 24.6. The van der Waals surface area contributed by atoms with Gasteiger partial charge in [-0.3, -0.25) is 19.5 Å². The van der Waals surface area contributed by atoms with Crippen LogP contribution in [0.1, 0.15) is 45.1 Å². The molecular formula is C25H27N5O4S. The van der Waals surface area contributed by atoms with E-state index in [2.05, 4.69) is 15.5 Å². The van der Waals surface area contributed by atoms with Crippen molar-refractivity contribution in [2.24, 2.45) is 5.92 Å². The zero-order valence-corrected chi connectivity index (χ0v) is 20.5. The molecule has 3 aromatic rings. The molecule has 1 atom stereocenters. The van der Waals surface area contributed by atoms with Crippen LogP contribution in [0.4, 0.5) is 4.79 Å². The number of nitrogens with zero attached hydrogens (tertiary/aromatic N) is 4. The van der Waals surface area contributed by atoms with Crippen LogP contribution < -0.4 is 5.32 Å². The van der Waals surface area contributed by atoms with E-state index in [9.17, 15) is 14.4 Å². The van der Waals surface area contributed by atoms with Gasteiger partial charge in [0.2, 0.25) is 0 Å². The lowest BCUT2D eigenvalue weighted by atomic mass is 9.73. The van der Waals surface area contributed by atoms with Crippen molar-refractivity contribution < 1.29 is 18.9 Å². The minimum Gasteiger partial charge on any atom is -0.361 e. The van der Waals surface area contributed by atoms with Crippen molar-refractivity contribution in [1.82, 2.24) is 25.3 Å². The maximum Gasteiger partial charge on any atom is 0.325 e. The Bertz CT molecular complexity index is 1210. The Morgan fingerprint density at radius 1 is 1.23 bits per heavy atom. The Balaban J connectivity index is 1.38. The van der Waals surface area contributed by atoms with Crippen LogP contribution in [0.5, 0.6) is 0 Å². The van der Waals surface area contributed by atoms with Crippen molar-refractivity contribution in [1.29, 1.82) is 0 Å². The van der Waals surface area contributed by atoms with Gasteiger partial charge in [0.15, 0.2) is 5.54 Å².